The van der Waals surface area contributed by atoms with Gasteiger partial charge in [-0.25, -0.2) is 8.42 Å². The smallest absolute Gasteiger partial charge is 0.264 e. The molecule has 0 saturated carbocycles. The fraction of sp³-hybridized carbons (Fsp3) is 0.355. The number of benzene rings is 3. The van der Waals surface area contributed by atoms with Gasteiger partial charge in [0.05, 0.1) is 20.6 Å². The van der Waals surface area contributed by atoms with Gasteiger partial charge >= 0.3 is 0 Å². The van der Waals surface area contributed by atoms with Crippen molar-refractivity contribution in [2.24, 2.45) is 0 Å². The van der Waals surface area contributed by atoms with Crippen LogP contribution < -0.4 is 9.62 Å². The van der Waals surface area contributed by atoms with Crippen LogP contribution in [-0.2, 0) is 26.2 Å². The van der Waals surface area contributed by atoms with Crippen LogP contribution in [0.5, 0.6) is 0 Å². The first kappa shape index (κ1) is 33.7. The molecule has 0 heterocycles. The van der Waals surface area contributed by atoms with Gasteiger partial charge in [-0.3, -0.25) is 13.9 Å². The third-order valence-corrected chi connectivity index (χ3v) is 9.49. The fourth-order valence-corrected chi connectivity index (χ4v) is 6.21. The average molecular weight is 653 g/mol. The third kappa shape index (κ3) is 8.40. The van der Waals surface area contributed by atoms with Crippen LogP contribution in [-0.4, -0.2) is 43.3 Å². The van der Waals surface area contributed by atoms with Gasteiger partial charge < -0.3 is 10.2 Å². The first-order chi connectivity index (χ1) is 19.5. The molecule has 0 saturated heterocycles. The number of amides is 2. The summed E-state index contributed by atoms with van der Waals surface area (Å²) in [5.41, 5.74) is 1.94. The van der Waals surface area contributed by atoms with E-state index in [0.29, 0.717) is 20.6 Å². The van der Waals surface area contributed by atoms with Crippen LogP contribution in [0.2, 0.25) is 15.1 Å². The SMILES string of the molecule is CCC(C(=O)NC(C)(C)C)N(Cc1ccc(Cl)c(Cl)c1)C(=O)CN(c1ccc(C)c(Cl)c1)S(=O)(=O)c1ccc(C)cc1. The standard InChI is InChI=1S/C31H36Cl3N3O4S/c1-7-28(30(39)35-31(4,5)6)36(18-22-11-15-25(32)27(34)16-22)29(38)19-37(23-12-10-21(3)26(33)17-23)42(40,41)24-13-8-20(2)9-14-24/h8-17,28H,7,18-19H2,1-6H3,(H,35,39). The topological polar surface area (TPSA) is 86.8 Å². The molecule has 11 heteroatoms. The van der Waals surface area contributed by atoms with Crippen molar-refractivity contribution in [3.05, 3.63) is 92.4 Å². The summed E-state index contributed by atoms with van der Waals surface area (Å²) in [7, 11) is -4.21. The zero-order valence-corrected chi connectivity index (χ0v) is 27.6. The molecule has 0 aliphatic heterocycles. The van der Waals surface area contributed by atoms with E-state index in [0.717, 1.165) is 15.4 Å². The second-order valence-electron chi connectivity index (χ2n) is 11.2. The summed E-state index contributed by atoms with van der Waals surface area (Å²) in [4.78, 5) is 29.0. The van der Waals surface area contributed by atoms with E-state index in [1.54, 1.807) is 56.3 Å². The predicted molar refractivity (Wildman–Crippen MR) is 171 cm³/mol. The van der Waals surface area contributed by atoms with E-state index in [1.165, 1.54) is 23.1 Å². The maximum absolute atomic E-state index is 14.2. The number of nitrogens with zero attached hydrogens (tertiary/aromatic N) is 2. The molecule has 42 heavy (non-hydrogen) atoms. The molecule has 1 atom stereocenters. The van der Waals surface area contributed by atoms with Crippen LogP contribution in [0.3, 0.4) is 0 Å². The van der Waals surface area contributed by atoms with Crippen LogP contribution in [0.15, 0.2) is 65.6 Å². The van der Waals surface area contributed by atoms with E-state index in [1.807, 2.05) is 27.7 Å². The summed E-state index contributed by atoms with van der Waals surface area (Å²) in [6.45, 7) is 10.4. The van der Waals surface area contributed by atoms with E-state index in [9.17, 15) is 18.0 Å². The zero-order valence-electron chi connectivity index (χ0n) is 24.5. The van der Waals surface area contributed by atoms with Gasteiger partial charge in [-0.2, -0.15) is 0 Å². The minimum Gasteiger partial charge on any atom is -0.350 e. The molecule has 3 rings (SSSR count). The van der Waals surface area contributed by atoms with Gasteiger partial charge in [0.2, 0.25) is 11.8 Å². The second kappa shape index (κ2) is 13.7. The first-order valence-corrected chi connectivity index (χ1v) is 16.0. The van der Waals surface area contributed by atoms with E-state index in [2.05, 4.69) is 5.32 Å². The molecule has 0 aliphatic rings. The number of sulfonamides is 1. The predicted octanol–water partition coefficient (Wildman–Crippen LogP) is 7.18. The molecule has 0 aliphatic carbocycles. The lowest BCUT2D eigenvalue weighted by molar-refractivity contribution is -0.141. The molecule has 2 amide bonds. The molecule has 0 bridgehead atoms. The molecule has 1 N–H and O–H groups in total. The molecule has 0 aromatic heterocycles. The minimum absolute atomic E-state index is 0.00113. The summed E-state index contributed by atoms with van der Waals surface area (Å²) in [5.74, 6) is -0.936. The van der Waals surface area contributed by atoms with Gasteiger partial charge in [0.25, 0.3) is 10.0 Å². The van der Waals surface area contributed by atoms with Gasteiger partial charge in [0.1, 0.15) is 12.6 Å². The Balaban J connectivity index is 2.11. The van der Waals surface area contributed by atoms with E-state index in [4.69, 9.17) is 34.8 Å². The molecular formula is C31H36Cl3N3O4S. The number of nitrogens with one attached hydrogen (secondary N) is 1. The number of halogens is 3. The Morgan fingerprint density at radius 1 is 0.881 bits per heavy atom. The Kier molecular flexibility index (Phi) is 11.0. The number of aryl methyl sites for hydroxylation is 2. The molecule has 1 unspecified atom stereocenters. The lowest BCUT2D eigenvalue weighted by atomic mass is 10.1. The highest BCUT2D eigenvalue weighted by molar-refractivity contribution is 7.92. The van der Waals surface area contributed by atoms with Crippen molar-refractivity contribution >= 4 is 62.3 Å². The van der Waals surface area contributed by atoms with Crippen LogP contribution in [0.1, 0.15) is 50.8 Å². The summed E-state index contributed by atoms with van der Waals surface area (Å²) in [6.07, 6.45) is 0.288. The largest absolute Gasteiger partial charge is 0.350 e. The van der Waals surface area contributed by atoms with Crippen molar-refractivity contribution in [1.29, 1.82) is 0 Å². The van der Waals surface area contributed by atoms with E-state index >= 15 is 0 Å². The molecular weight excluding hydrogens is 617 g/mol. The molecule has 0 radical (unpaired) electrons. The Morgan fingerprint density at radius 2 is 1.52 bits per heavy atom. The summed E-state index contributed by atoms with van der Waals surface area (Å²) in [6, 6.07) is 15.2. The first-order valence-electron chi connectivity index (χ1n) is 13.4. The van der Waals surface area contributed by atoms with Crippen molar-refractivity contribution in [2.45, 2.75) is 71.0 Å². The summed E-state index contributed by atoms with van der Waals surface area (Å²) in [5, 5.41) is 3.94. The molecule has 226 valence electrons. The van der Waals surface area contributed by atoms with Crippen molar-refractivity contribution in [2.75, 3.05) is 10.8 Å². The van der Waals surface area contributed by atoms with E-state index < -0.39 is 34.1 Å². The summed E-state index contributed by atoms with van der Waals surface area (Å²) < 4.78 is 29.0. The molecule has 3 aromatic carbocycles. The molecule has 0 fully saturated rings. The number of rotatable bonds is 10. The van der Waals surface area contributed by atoms with Crippen molar-refractivity contribution < 1.29 is 18.0 Å². The number of hydrogen-bond acceptors (Lipinski definition) is 4. The Bertz CT molecular complexity index is 1550. The van der Waals surface area contributed by atoms with Gasteiger partial charge in [0, 0.05) is 17.1 Å². The highest BCUT2D eigenvalue weighted by Crippen LogP contribution is 2.29. The number of carbonyl (C=O) groups is 2. The van der Waals surface area contributed by atoms with Crippen molar-refractivity contribution in [3.63, 3.8) is 0 Å². The lowest BCUT2D eigenvalue weighted by Crippen LogP contribution is -2.55. The van der Waals surface area contributed by atoms with Gasteiger partial charge in [-0.15, -0.1) is 0 Å². The maximum atomic E-state index is 14.2. The molecule has 0 spiro atoms. The van der Waals surface area contributed by atoms with E-state index in [-0.39, 0.29) is 29.5 Å². The quantitative estimate of drug-likeness (QED) is 0.251. The van der Waals surface area contributed by atoms with Crippen LogP contribution in [0.25, 0.3) is 0 Å². The number of carbonyl (C=O) groups excluding carboxylic acids is 2. The van der Waals surface area contributed by atoms with Crippen molar-refractivity contribution in [3.8, 4) is 0 Å². The van der Waals surface area contributed by atoms with Crippen LogP contribution in [0, 0.1) is 13.8 Å². The highest BCUT2D eigenvalue weighted by Gasteiger charge is 2.34. The molecule has 3 aromatic rings. The highest BCUT2D eigenvalue weighted by atomic mass is 35.5. The summed E-state index contributed by atoms with van der Waals surface area (Å²) >= 11 is 18.8. The Morgan fingerprint density at radius 3 is 2.07 bits per heavy atom. The number of anilines is 1. The average Bonchev–Trinajstić information content (AvgIpc) is 2.90. The van der Waals surface area contributed by atoms with Crippen LogP contribution >= 0.6 is 34.8 Å². The third-order valence-electron chi connectivity index (χ3n) is 6.55. The fourth-order valence-electron chi connectivity index (χ4n) is 4.31. The monoisotopic (exact) mass is 651 g/mol. The van der Waals surface area contributed by atoms with Crippen molar-refractivity contribution in [1.82, 2.24) is 10.2 Å². The van der Waals surface area contributed by atoms with Crippen LogP contribution in [0.4, 0.5) is 5.69 Å². The Labute approximate surface area is 263 Å². The number of hydrogen-bond donors (Lipinski definition) is 1. The minimum atomic E-state index is -4.21. The second-order valence-corrected chi connectivity index (χ2v) is 14.3. The normalized spacial score (nSPS) is 12.5. The Hall–Kier alpha value is -2.78. The van der Waals surface area contributed by atoms with Gasteiger partial charge in [-0.1, -0.05) is 71.6 Å². The van der Waals surface area contributed by atoms with Gasteiger partial charge in [0.15, 0.2) is 0 Å². The zero-order chi connectivity index (χ0) is 31.4. The maximum Gasteiger partial charge on any atom is 0.264 e. The van der Waals surface area contributed by atoms with Gasteiger partial charge in [-0.05, 0) is 88.6 Å². The lowest BCUT2D eigenvalue weighted by Gasteiger charge is -2.35. The molecule has 7 nitrogen and oxygen atoms in total.